The van der Waals surface area contributed by atoms with Gasteiger partial charge in [0, 0.05) is 5.54 Å². The second-order valence-electron chi connectivity index (χ2n) is 7.98. The Labute approximate surface area is 240 Å². The lowest BCUT2D eigenvalue weighted by Crippen LogP contribution is -2.54. The average molecular weight is 891 g/mol. The van der Waals surface area contributed by atoms with Gasteiger partial charge in [0.25, 0.3) is 0 Å². The van der Waals surface area contributed by atoms with Crippen molar-refractivity contribution in [3.8, 4) is 17.2 Å². The zero-order valence-electron chi connectivity index (χ0n) is 17.3. The number of ether oxygens (including phenoxy) is 1. The molecule has 0 heterocycles. The van der Waals surface area contributed by atoms with Crippen molar-refractivity contribution in [2.75, 3.05) is 6.54 Å². The zero-order chi connectivity index (χ0) is 24.4. The minimum absolute atomic E-state index is 0.154. The number of phenolic OH excluding ortho intramolecular Hbond substituents is 1. The van der Waals surface area contributed by atoms with Crippen molar-refractivity contribution in [1.82, 2.24) is 4.90 Å². The molecule has 174 valence electrons. The van der Waals surface area contributed by atoms with Crippen LogP contribution in [0.15, 0.2) is 24.3 Å². The first kappa shape index (κ1) is 28.1. The van der Waals surface area contributed by atoms with Gasteiger partial charge in [-0.15, -0.1) is 0 Å². The molecule has 3 N–H and O–H groups in total. The third-order valence-corrected chi connectivity index (χ3v) is 7.77. The van der Waals surface area contributed by atoms with E-state index < -0.39 is 23.5 Å². The molecule has 0 bridgehead atoms. The molecule has 2 aromatic carbocycles. The van der Waals surface area contributed by atoms with E-state index in [2.05, 4.69) is 45.2 Å². The molecule has 0 aliphatic carbocycles. The summed E-state index contributed by atoms with van der Waals surface area (Å²) in [6.07, 6.45) is 0.154. The van der Waals surface area contributed by atoms with Crippen molar-refractivity contribution in [1.29, 1.82) is 0 Å². The van der Waals surface area contributed by atoms with Gasteiger partial charge in [0.2, 0.25) is 0 Å². The highest BCUT2D eigenvalue weighted by Crippen LogP contribution is 2.37. The summed E-state index contributed by atoms with van der Waals surface area (Å²) in [6.45, 7) is 5.04. The summed E-state index contributed by atoms with van der Waals surface area (Å²) in [5.41, 5.74) is 0.130. The van der Waals surface area contributed by atoms with Crippen molar-refractivity contribution < 1.29 is 29.6 Å². The number of hydrogen-bond donors (Lipinski definition) is 3. The predicted octanol–water partition coefficient (Wildman–Crippen LogP) is 5.78. The average Bonchev–Trinajstić information content (AvgIpc) is 2.64. The molecule has 7 nitrogen and oxygen atoms in total. The highest BCUT2D eigenvalue weighted by Gasteiger charge is 2.35. The Kier molecular flexibility index (Phi) is 10.1. The molecule has 0 saturated heterocycles. The molecule has 0 spiro atoms. The van der Waals surface area contributed by atoms with Crippen LogP contribution in [0.4, 0.5) is 0 Å². The summed E-state index contributed by atoms with van der Waals surface area (Å²) in [4.78, 5) is 24.9. The third kappa shape index (κ3) is 7.43. The van der Waals surface area contributed by atoms with E-state index in [1.54, 1.807) is 32.9 Å². The molecule has 2 rings (SSSR count). The number of hydrogen-bond acceptors (Lipinski definition) is 5. The maximum Gasteiger partial charge on any atom is 0.321 e. The van der Waals surface area contributed by atoms with Crippen LogP contribution in [0.5, 0.6) is 17.2 Å². The monoisotopic (exact) mass is 891 g/mol. The van der Waals surface area contributed by atoms with E-state index in [-0.39, 0.29) is 18.7 Å². The van der Waals surface area contributed by atoms with Crippen LogP contribution in [0.2, 0.25) is 0 Å². The first-order valence-electron chi connectivity index (χ1n) is 9.25. The summed E-state index contributed by atoms with van der Waals surface area (Å²) in [5.74, 6) is -0.707. The Bertz CT molecular complexity index is 991. The molecule has 0 amide bonds. The number of nitrogens with zero attached hydrogens (tertiary/aromatic N) is 1. The molecule has 0 fully saturated rings. The van der Waals surface area contributed by atoms with Crippen LogP contribution in [-0.4, -0.2) is 50.3 Å². The number of halogens is 4. The van der Waals surface area contributed by atoms with Gasteiger partial charge in [-0.3, -0.25) is 14.5 Å². The van der Waals surface area contributed by atoms with E-state index >= 15 is 0 Å². The van der Waals surface area contributed by atoms with Crippen molar-refractivity contribution >= 4 is 102 Å². The Morgan fingerprint density at radius 3 is 1.88 bits per heavy atom. The second kappa shape index (κ2) is 11.5. The molecule has 0 radical (unpaired) electrons. The van der Waals surface area contributed by atoms with Crippen LogP contribution in [0.3, 0.4) is 0 Å². The minimum atomic E-state index is -1.07. The first-order chi connectivity index (χ1) is 14.7. The number of carboxylic acid groups (broad SMARTS) is 2. The van der Waals surface area contributed by atoms with Crippen LogP contribution in [0.1, 0.15) is 26.3 Å². The molecule has 0 unspecified atom stereocenters. The number of carboxylic acids is 2. The molecule has 1 atom stereocenters. The van der Waals surface area contributed by atoms with E-state index in [1.165, 1.54) is 4.90 Å². The second-order valence-corrected chi connectivity index (χ2v) is 12.6. The molecular formula is C21H21I4NO6. The maximum absolute atomic E-state index is 12.1. The fourth-order valence-electron chi connectivity index (χ4n) is 3.06. The number of phenols is 1. The lowest BCUT2D eigenvalue weighted by Gasteiger charge is -2.38. The number of rotatable bonds is 8. The Morgan fingerprint density at radius 1 is 0.969 bits per heavy atom. The quantitative estimate of drug-likeness (QED) is 0.289. The fourth-order valence-corrected chi connectivity index (χ4v) is 6.89. The van der Waals surface area contributed by atoms with Crippen molar-refractivity contribution in [3.63, 3.8) is 0 Å². The van der Waals surface area contributed by atoms with E-state index in [1.807, 2.05) is 57.3 Å². The van der Waals surface area contributed by atoms with E-state index in [0.717, 1.165) is 12.7 Å². The largest absolute Gasteiger partial charge is 0.506 e. The third-order valence-electron chi connectivity index (χ3n) is 4.53. The Balaban J connectivity index is 2.37. The lowest BCUT2D eigenvalue weighted by molar-refractivity contribution is -0.149. The molecule has 32 heavy (non-hydrogen) atoms. The van der Waals surface area contributed by atoms with Crippen LogP contribution in [0, 0.1) is 14.3 Å². The van der Waals surface area contributed by atoms with Gasteiger partial charge in [0.05, 0.1) is 20.8 Å². The van der Waals surface area contributed by atoms with Gasteiger partial charge in [-0.25, -0.2) is 0 Å². The van der Waals surface area contributed by atoms with Crippen molar-refractivity contribution in [2.24, 2.45) is 0 Å². The standard InChI is InChI=1S/C21H21I4NO6/c1-21(2,3)26(9-17(27)28)16(20(30)31)6-10-4-14(24)19(15(25)5-10)32-11-7-12(22)18(29)13(23)8-11/h4-5,7-8,16,29H,6,9H2,1-3H3,(H,27,28)(H,30,31)/t16-/m0/s1. The van der Waals surface area contributed by atoms with Gasteiger partial charge in [0.1, 0.15) is 17.5 Å². The van der Waals surface area contributed by atoms with Gasteiger partial charge < -0.3 is 20.1 Å². The molecule has 0 aromatic heterocycles. The molecule has 0 aliphatic rings. The Morgan fingerprint density at radius 2 is 1.47 bits per heavy atom. The zero-order valence-corrected chi connectivity index (χ0v) is 26.0. The number of carbonyl (C=O) groups is 2. The molecule has 11 heteroatoms. The number of benzene rings is 2. The number of aromatic hydroxyl groups is 1. The van der Waals surface area contributed by atoms with Crippen molar-refractivity contribution in [3.05, 3.63) is 44.1 Å². The normalized spacial score (nSPS) is 12.6. The summed E-state index contributed by atoms with van der Waals surface area (Å²) in [7, 11) is 0. The summed E-state index contributed by atoms with van der Waals surface area (Å²) in [6, 6.07) is 6.19. The highest BCUT2D eigenvalue weighted by molar-refractivity contribution is 14.1. The maximum atomic E-state index is 12.1. The summed E-state index contributed by atoms with van der Waals surface area (Å²) < 4.78 is 9.03. The van der Waals surface area contributed by atoms with Crippen LogP contribution in [-0.2, 0) is 16.0 Å². The molecule has 2 aromatic rings. The summed E-state index contributed by atoms with van der Waals surface area (Å²) >= 11 is 8.36. The van der Waals surface area contributed by atoms with Gasteiger partial charge in [-0.05, 0) is 147 Å². The van der Waals surface area contributed by atoms with Gasteiger partial charge in [-0.1, -0.05) is 0 Å². The van der Waals surface area contributed by atoms with E-state index in [0.29, 0.717) is 18.6 Å². The SMILES string of the molecule is CC(C)(C)N(CC(=O)O)[C@@H](Cc1cc(I)c(Oc2cc(I)c(O)c(I)c2)c(I)c1)C(=O)O. The van der Waals surface area contributed by atoms with Gasteiger partial charge in [0.15, 0.2) is 5.75 Å². The van der Waals surface area contributed by atoms with Gasteiger partial charge >= 0.3 is 11.9 Å². The van der Waals surface area contributed by atoms with Crippen LogP contribution < -0.4 is 4.74 Å². The topological polar surface area (TPSA) is 107 Å². The number of aliphatic carboxylic acids is 2. The molecular weight excluding hydrogens is 870 g/mol. The smallest absolute Gasteiger partial charge is 0.321 e. The van der Waals surface area contributed by atoms with Crippen molar-refractivity contribution in [2.45, 2.75) is 38.8 Å². The predicted molar refractivity (Wildman–Crippen MR) is 155 cm³/mol. The Hall–Kier alpha value is -0.140. The van der Waals surface area contributed by atoms with Crippen LogP contribution >= 0.6 is 90.4 Å². The van der Waals surface area contributed by atoms with Crippen LogP contribution in [0.25, 0.3) is 0 Å². The molecule has 0 aliphatic heterocycles. The lowest BCUT2D eigenvalue weighted by atomic mass is 9.97. The summed E-state index contributed by atoms with van der Waals surface area (Å²) in [5, 5.41) is 29.1. The van der Waals surface area contributed by atoms with Gasteiger partial charge in [-0.2, -0.15) is 0 Å². The minimum Gasteiger partial charge on any atom is -0.506 e. The molecule has 0 saturated carbocycles. The van der Waals surface area contributed by atoms with E-state index in [4.69, 9.17) is 4.74 Å². The fraction of sp³-hybridized carbons (Fsp3) is 0.333. The highest BCUT2D eigenvalue weighted by atomic mass is 127. The van der Waals surface area contributed by atoms with E-state index in [9.17, 15) is 24.9 Å². The first-order valence-corrected chi connectivity index (χ1v) is 13.6.